The molecule has 0 aliphatic heterocycles. The normalized spacial score (nSPS) is 11.1. The predicted octanol–water partition coefficient (Wildman–Crippen LogP) is 2.99. The summed E-state index contributed by atoms with van der Waals surface area (Å²) in [5.41, 5.74) is 2.57. The highest BCUT2D eigenvalue weighted by Gasteiger charge is 2.27. The summed E-state index contributed by atoms with van der Waals surface area (Å²) in [5, 5.41) is 10.0. The molecule has 0 aliphatic carbocycles. The number of phenolic OH excluding ortho intramolecular Hbond substituents is 1. The zero-order chi connectivity index (χ0) is 16.8. The number of hydrogen-bond acceptors (Lipinski definition) is 5. The van der Waals surface area contributed by atoms with E-state index in [0.717, 1.165) is 17.4 Å². The van der Waals surface area contributed by atoms with Crippen molar-refractivity contribution in [3.63, 3.8) is 0 Å². The van der Waals surface area contributed by atoms with Crippen molar-refractivity contribution in [3.8, 4) is 11.5 Å². The van der Waals surface area contributed by atoms with Gasteiger partial charge < -0.3 is 24.1 Å². The Balaban J connectivity index is 3.25. The number of aldehydes is 1. The van der Waals surface area contributed by atoms with Crippen LogP contribution in [0.3, 0.4) is 0 Å². The Bertz CT molecular complexity index is 540. The van der Waals surface area contributed by atoms with Crippen LogP contribution in [0.2, 0.25) is 0 Å². The minimum absolute atomic E-state index is 0.0117. The first-order valence-corrected chi connectivity index (χ1v) is 7.06. The second kappa shape index (κ2) is 7.96. The van der Waals surface area contributed by atoms with Crippen molar-refractivity contribution in [2.45, 2.75) is 39.6 Å². The van der Waals surface area contributed by atoms with E-state index in [9.17, 15) is 9.90 Å². The molecule has 22 heavy (non-hydrogen) atoms. The molecule has 5 nitrogen and oxygen atoms in total. The van der Waals surface area contributed by atoms with Crippen molar-refractivity contribution in [1.82, 2.24) is 0 Å². The summed E-state index contributed by atoms with van der Waals surface area (Å²) in [6.45, 7) is 5.64. The molecule has 122 valence electrons. The van der Waals surface area contributed by atoms with Crippen LogP contribution in [-0.2, 0) is 27.1 Å². The minimum Gasteiger partial charge on any atom is -0.508 e. The van der Waals surface area contributed by atoms with Crippen LogP contribution >= 0.6 is 0 Å². The van der Waals surface area contributed by atoms with Crippen molar-refractivity contribution in [2.75, 3.05) is 14.2 Å². The van der Waals surface area contributed by atoms with Crippen molar-refractivity contribution < 1.29 is 24.1 Å². The van der Waals surface area contributed by atoms with Crippen molar-refractivity contribution >= 4 is 6.29 Å². The van der Waals surface area contributed by atoms with Gasteiger partial charge in [-0.2, -0.15) is 0 Å². The number of allylic oxidation sites excluding steroid dienone is 2. The summed E-state index contributed by atoms with van der Waals surface area (Å²) in [4.78, 5) is 10.7. The molecule has 0 aliphatic rings. The summed E-state index contributed by atoms with van der Waals surface area (Å²) in [5.74, 6) is -0.785. The number of ether oxygens (including phenoxy) is 3. The quantitative estimate of drug-likeness (QED) is 0.454. The summed E-state index contributed by atoms with van der Waals surface area (Å²) in [6.07, 6.45) is 3.57. The molecule has 0 spiro atoms. The zero-order valence-corrected chi connectivity index (χ0v) is 13.8. The topological polar surface area (TPSA) is 65.0 Å². The van der Waals surface area contributed by atoms with Crippen LogP contribution < -0.4 is 4.74 Å². The molecule has 1 N–H and O–H groups in total. The highest BCUT2D eigenvalue weighted by Crippen LogP contribution is 2.32. The number of hydrogen-bond donors (Lipinski definition) is 1. The molecule has 0 fully saturated rings. The molecule has 1 aromatic carbocycles. The molecule has 5 heteroatoms. The first-order chi connectivity index (χ1) is 10.3. The van der Waals surface area contributed by atoms with Crippen LogP contribution in [0.25, 0.3) is 0 Å². The van der Waals surface area contributed by atoms with E-state index in [1.165, 1.54) is 20.3 Å². The van der Waals surface area contributed by atoms with Crippen LogP contribution in [0, 0.1) is 0 Å². The molecule has 1 rings (SSSR count). The molecule has 0 aromatic heterocycles. The first kappa shape index (κ1) is 18.2. The molecular weight excluding hydrogens is 284 g/mol. The molecule has 0 unspecified atom stereocenters. The van der Waals surface area contributed by atoms with Gasteiger partial charge >= 0.3 is 5.97 Å². The maximum atomic E-state index is 10.7. The molecule has 0 radical (unpaired) electrons. The third-order valence-corrected chi connectivity index (χ3v) is 3.33. The van der Waals surface area contributed by atoms with E-state index in [1.807, 2.05) is 19.9 Å². The lowest BCUT2D eigenvalue weighted by Gasteiger charge is -2.28. The second-order valence-corrected chi connectivity index (χ2v) is 5.32. The monoisotopic (exact) mass is 308 g/mol. The average Bonchev–Trinajstić information content (AvgIpc) is 2.48. The molecule has 0 atom stereocenters. The van der Waals surface area contributed by atoms with Crippen molar-refractivity contribution in [1.29, 1.82) is 0 Å². The third kappa shape index (κ3) is 4.86. The third-order valence-electron chi connectivity index (χ3n) is 3.33. The highest BCUT2D eigenvalue weighted by atomic mass is 16.9. The van der Waals surface area contributed by atoms with Crippen LogP contribution in [0.15, 0.2) is 23.8 Å². The maximum absolute atomic E-state index is 10.7. The fourth-order valence-electron chi connectivity index (χ4n) is 1.85. The molecular formula is C17H24O5. The molecule has 0 saturated heterocycles. The van der Waals surface area contributed by atoms with E-state index >= 15 is 0 Å². The fourth-order valence-corrected chi connectivity index (χ4v) is 1.85. The van der Waals surface area contributed by atoms with Gasteiger partial charge in [-0.05, 0) is 31.9 Å². The highest BCUT2D eigenvalue weighted by molar-refractivity contribution is 5.59. The van der Waals surface area contributed by atoms with Gasteiger partial charge in [0.15, 0.2) is 0 Å². The Kier molecular flexibility index (Phi) is 6.59. The zero-order valence-electron chi connectivity index (χ0n) is 13.8. The largest absolute Gasteiger partial charge is 0.508 e. The van der Waals surface area contributed by atoms with Gasteiger partial charge in [0.1, 0.15) is 17.8 Å². The van der Waals surface area contributed by atoms with Crippen molar-refractivity contribution in [2.24, 2.45) is 0 Å². The lowest BCUT2D eigenvalue weighted by Crippen LogP contribution is -2.36. The van der Waals surface area contributed by atoms with E-state index in [-0.39, 0.29) is 12.2 Å². The Labute approximate surface area is 131 Å². The van der Waals surface area contributed by atoms with Gasteiger partial charge in [0.05, 0.1) is 0 Å². The summed E-state index contributed by atoms with van der Waals surface area (Å²) < 4.78 is 16.1. The molecule has 1 aromatic rings. The lowest BCUT2D eigenvalue weighted by molar-refractivity contribution is -0.309. The van der Waals surface area contributed by atoms with Gasteiger partial charge in [0, 0.05) is 39.2 Å². The van der Waals surface area contributed by atoms with Gasteiger partial charge in [-0.25, -0.2) is 0 Å². The molecule has 0 amide bonds. The number of carbonyl (C=O) groups excluding carboxylic acids is 1. The van der Waals surface area contributed by atoms with Gasteiger partial charge in [0.25, 0.3) is 0 Å². The van der Waals surface area contributed by atoms with Crippen LogP contribution in [0.5, 0.6) is 11.5 Å². The van der Waals surface area contributed by atoms with E-state index in [2.05, 4.69) is 0 Å². The van der Waals surface area contributed by atoms with Crippen LogP contribution in [0.1, 0.15) is 31.9 Å². The number of phenols is 1. The average molecular weight is 308 g/mol. The van der Waals surface area contributed by atoms with Gasteiger partial charge in [0.2, 0.25) is 0 Å². The lowest BCUT2D eigenvalue weighted by atomic mass is 10.0. The van der Waals surface area contributed by atoms with Crippen molar-refractivity contribution in [3.05, 3.63) is 34.9 Å². The van der Waals surface area contributed by atoms with E-state index in [0.29, 0.717) is 17.7 Å². The number of aromatic hydroxyl groups is 1. The number of methoxy groups -OCH3 is 2. The van der Waals surface area contributed by atoms with Gasteiger partial charge in [-0.3, -0.25) is 0 Å². The summed E-state index contributed by atoms with van der Waals surface area (Å²) in [7, 11) is 2.94. The van der Waals surface area contributed by atoms with Crippen LogP contribution in [-0.4, -0.2) is 31.6 Å². The molecule has 0 heterocycles. The number of benzene rings is 1. The number of carbonyl (C=O) groups is 1. The second-order valence-electron chi connectivity index (χ2n) is 5.32. The Morgan fingerprint density at radius 1 is 1.18 bits per heavy atom. The van der Waals surface area contributed by atoms with E-state index < -0.39 is 5.97 Å². The number of rotatable bonds is 8. The SMILES string of the molecule is COC(C)(OC)Oc1cc(O)c(CC=O)cc1CC=C(C)C. The van der Waals surface area contributed by atoms with Gasteiger partial charge in [-0.15, -0.1) is 0 Å². The first-order valence-electron chi connectivity index (χ1n) is 7.06. The predicted molar refractivity (Wildman–Crippen MR) is 84.1 cm³/mol. The van der Waals surface area contributed by atoms with E-state index in [4.69, 9.17) is 14.2 Å². The van der Waals surface area contributed by atoms with E-state index in [1.54, 1.807) is 13.0 Å². The standard InChI is InChI=1S/C17H24O5/c1-12(2)6-7-14-10-13(8-9-18)15(19)11-16(14)22-17(3,20-4)21-5/h6,9-11,19H,7-8H2,1-5H3. The maximum Gasteiger partial charge on any atom is 0.323 e. The van der Waals surface area contributed by atoms with Gasteiger partial charge in [-0.1, -0.05) is 11.6 Å². The smallest absolute Gasteiger partial charge is 0.323 e. The fraction of sp³-hybridized carbons (Fsp3) is 0.471. The molecule has 0 bridgehead atoms. The van der Waals surface area contributed by atoms with Crippen LogP contribution in [0.4, 0.5) is 0 Å². The Morgan fingerprint density at radius 3 is 2.32 bits per heavy atom. The minimum atomic E-state index is -1.25. The summed E-state index contributed by atoms with van der Waals surface area (Å²) in [6, 6.07) is 3.26. The Morgan fingerprint density at radius 2 is 1.82 bits per heavy atom. The molecule has 0 saturated carbocycles. The summed E-state index contributed by atoms with van der Waals surface area (Å²) >= 11 is 0. The Hall–Kier alpha value is -1.85.